The van der Waals surface area contributed by atoms with Crippen molar-refractivity contribution in [3.63, 3.8) is 0 Å². The highest BCUT2D eigenvalue weighted by Gasteiger charge is 2.44. The van der Waals surface area contributed by atoms with E-state index in [0.29, 0.717) is 22.3 Å². The Kier molecular flexibility index (Phi) is 4.64. The van der Waals surface area contributed by atoms with Gasteiger partial charge in [0, 0.05) is 28.1 Å². The number of carbonyl (C=O) groups excluding carboxylic acids is 1. The lowest BCUT2D eigenvalue weighted by atomic mass is 10.1. The molecule has 0 bridgehead atoms. The number of hydrogen-bond acceptors (Lipinski definition) is 5. The van der Waals surface area contributed by atoms with Gasteiger partial charge in [-0.2, -0.15) is 0 Å². The van der Waals surface area contributed by atoms with Crippen molar-refractivity contribution >= 4 is 16.8 Å². The maximum absolute atomic E-state index is 12.8. The Morgan fingerprint density at radius 1 is 1.31 bits per heavy atom. The van der Waals surface area contributed by atoms with Crippen molar-refractivity contribution in [3.05, 3.63) is 42.2 Å². The number of ether oxygens (including phenoxy) is 2. The lowest BCUT2D eigenvalue weighted by Crippen LogP contribution is -2.29. The fourth-order valence-corrected chi connectivity index (χ4v) is 2.88. The summed E-state index contributed by atoms with van der Waals surface area (Å²) in [5, 5.41) is 3.34. The van der Waals surface area contributed by atoms with Crippen LogP contribution >= 0.6 is 0 Å². The van der Waals surface area contributed by atoms with E-state index in [4.69, 9.17) is 9.15 Å². The number of oxazole rings is 1. The first-order valence-electron chi connectivity index (χ1n) is 8.91. The molecule has 0 unspecified atom stereocenters. The quantitative estimate of drug-likeness (QED) is 0.615. The molecule has 1 fully saturated rings. The lowest BCUT2D eigenvalue weighted by Gasteiger charge is -2.14. The Morgan fingerprint density at radius 3 is 2.76 bits per heavy atom. The Morgan fingerprint density at radius 2 is 2.10 bits per heavy atom. The molecule has 0 spiro atoms. The third-order valence-corrected chi connectivity index (χ3v) is 4.81. The minimum Gasteiger partial charge on any atom is -0.483 e. The van der Waals surface area contributed by atoms with Crippen molar-refractivity contribution < 1.29 is 31.9 Å². The number of nitrogens with one attached hydrogen (secondary N) is 2. The minimum absolute atomic E-state index is 0.0334. The summed E-state index contributed by atoms with van der Waals surface area (Å²) < 4.78 is 52.8. The molecule has 2 N–H and O–H groups in total. The highest BCUT2D eigenvalue weighted by molar-refractivity contribution is 5.86. The highest BCUT2D eigenvalue weighted by atomic mass is 19.4. The van der Waals surface area contributed by atoms with Gasteiger partial charge in [0.15, 0.2) is 17.9 Å². The number of halogens is 3. The number of benzene rings is 1. The van der Waals surface area contributed by atoms with Crippen molar-refractivity contribution in [1.29, 1.82) is 0 Å². The van der Waals surface area contributed by atoms with Crippen LogP contribution in [-0.4, -0.2) is 22.2 Å². The van der Waals surface area contributed by atoms with E-state index in [-0.39, 0.29) is 30.2 Å². The predicted octanol–water partition coefficient (Wildman–Crippen LogP) is 4.05. The molecular weight excluding hydrogens is 391 g/mol. The second-order valence-corrected chi connectivity index (χ2v) is 7.24. The van der Waals surface area contributed by atoms with E-state index < -0.39 is 12.1 Å². The molecule has 0 radical (unpaired) electrons. The van der Waals surface area contributed by atoms with Crippen LogP contribution in [0.2, 0.25) is 0 Å². The van der Waals surface area contributed by atoms with Crippen LogP contribution in [0.15, 0.2) is 35.3 Å². The molecule has 0 saturated heterocycles. The molecule has 1 aliphatic rings. The third-order valence-electron chi connectivity index (χ3n) is 4.81. The zero-order valence-electron chi connectivity index (χ0n) is 15.4. The number of rotatable bonds is 7. The zero-order chi connectivity index (χ0) is 20.6. The third kappa shape index (κ3) is 4.47. The number of alkyl halides is 3. The van der Waals surface area contributed by atoms with Gasteiger partial charge in [-0.3, -0.25) is 4.79 Å². The van der Waals surface area contributed by atoms with E-state index in [1.165, 1.54) is 24.8 Å². The lowest BCUT2D eigenvalue weighted by molar-refractivity contribution is -0.275. The summed E-state index contributed by atoms with van der Waals surface area (Å²) in [5.41, 5.74) is 1.33. The van der Waals surface area contributed by atoms with E-state index in [0.717, 1.165) is 12.8 Å². The number of H-pyrrole nitrogens is 1. The van der Waals surface area contributed by atoms with E-state index in [1.807, 2.05) is 6.92 Å². The molecule has 2 heterocycles. The van der Waals surface area contributed by atoms with Crippen LogP contribution in [-0.2, 0) is 17.9 Å². The predicted molar refractivity (Wildman–Crippen MR) is 95.0 cm³/mol. The summed E-state index contributed by atoms with van der Waals surface area (Å²) in [6, 6.07) is 4.32. The van der Waals surface area contributed by atoms with Gasteiger partial charge < -0.3 is 24.2 Å². The molecule has 3 aromatic rings. The highest BCUT2D eigenvalue weighted by Crippen LogP contribution is 2.45. The summed E-state index contributed by atoms with van der Waals surface area (Å²) in [6.07, 6.45) is -0.625. The summed E-state index contributed by atoms with van der Waals surface area (Å²) in [6.45, 7) is 2.05. The monoisotopic (exact) mass is 409 g/mol. The number of carbonyl (C=O) groups is 1. The van der Waals surface area contributed by atoms with E-state index in [1.54, 1.807) is 6.07 Å². The van der Waals surface area contributed by atoms with Crippen molar-refractivity contribution in [1.82, 2.24) is 15.3 Å². The molecule has 10 heteroatoms. The van der Waals surface area contributed by atoms with Crippen molar-refractivity contribution in [2.75, 3.05) is 0 Å². The van der Waals surface area contributed by atoms with Gasteiger partial charge in [0.1, 0.15) is 18.6 Å². The van der Waals surface area contributed by atoms with Gasteiger partial charge in [-0.25, -0.2) is 4.98 Å². The Bertz CT molecular complexity index is 1020. The fourth-order valence-electron chi connectivity index (χ4n) is 2.88. The van der Waals surface area contributed by atoms with Gasteiger partial charge in [0.25, 0.3) is 0 Å². The Labute approximate surface area is 163 Å². The SMILES string of the molecule is CC1(C(=O)NCc2cc3cc(OC(F)(F)F)c(OCc4cocn4)cc3[nH]2)CC1. The second kappa shape index (κ2) is 7.02. The van der Waals surface area contributed by atoms with Crippen molar-refractivity contribution in [2.24, 2.45) is 5.41 Å². The first-order chi connectivity index (χ1) is 13.7. The van der Waals surface area contributed by atoms with Crippen LogP contribution in [0, 0.1) is 5.41 Å². The average Bonchev–Trinajstić information content (AvgIpc) is 3.06. The molecule has 29 heavy (non-hydrogen) atoms. The second-order valence-electron chi connectivity index (χ2n) is 7.24. The largest absolute Gasteiger partial charge is 0.573 e. The number of nitrogens with zero attached hydrogens (tertiary/aromatic N) is 1. The van der Waals surface area contributed by atoms with Crippen LogP contribution in [0.3, 0.4) is 0 Å². The molecule has 2 aromatic heterocycles. The summed E-state index contributed by atoms with van der Waals surface area (Å²) in [4.78, 5) is 19.0. The maximum atomic E-state index is 12.8. The summed E-state index contributed by atoms with van der Waals surface area (Å²) >= 11 is 0. The fraction of sp³-hybridized carbons (Fsp3) is 0.368. The molecule has 0 aliphatic heterocycles. The first-order valence-corrected chi connectivity index (χ1v) is 8.91. The number of amides is 1. The normalized spacial score (nSPS) is 15.3. The van der Waals surface area contributed by atoms with E-state index in [9.17, 15) is 18.0 Å². The van der Waals surface area contributed by atoms with E-state index in [2.05, 4.69) is 20.0 Å². The Hall–Kier alpha value is -3.17. The van der Waals surface area contributed by atoms with Crippen molar-refractivity contribution in [2.45, 2.75) is 39.3 Å². The molecule has 4 rings (SSSR count). The topological polar surface area (TPSA) is 89.4 Å². The minimum atomic E-state index is -4.87. The molecular formula is C19H18F3N3O4. The number of hydrogen-bond donors (Lipinski definition) is 2. The zero-order valence-corrected chi connectivity index (χ0v) is 15.4. The maximum Gasteiger partial charge on any atom is 0.573 e. The van der Waals surface area contributed by atoms with Crippen LogP contribution in [0.1, 0.15) is 31.2 Å². The van der Waals surface area contributed by atoms with Gasteiger partial charge in [-0.15, -0.1) is 13.2 Å². The van der Waals surface area contributed by atoms with Gasteiger partial charge in [-0.05, 0) is 25.0 Å². The molecule has 7 nitrogen and oxygen atoms in total. The first kappa shape index (κ1) is 19.2. The van der Waals surface area contributed by atoms with Crippen LogP contribution in [0.5, 0.6) is 11.5 Å². The van der Waals surface area contributed by atoms with Gasteiger partial charge in [0.2, 0.25) is 5.91 Å². The average molecular weight is 409 g/mol. The molecule has 1 amide bonds. The van der Waals surface area contributed by atoms with Crippen LogP contribution in [0.4, 0.5) is 13.2 Å². The molecule has 1 saturated carbocycles. The molecule has 154 valence electrons. The van der Waals surface area contributed by atoms with Gasteiger partial charge >= 0.3 is 6.36 Å². The number of aromatic nitrogens is 2. The number of fused-ring (bicyclic) bond motifs is 1. The van der Waals surface area contributed by atoms with Crippen LogP contribution in [0.25, 0.3) is 10.9 Å². The summed E-state index contributed by atoms with van der Waals surface area (Å²) in [5.74, 6) is -0.594. The van der Waals surface area contributed by atoms with Crippen LogP contribution < -0.4 is 14.8 Å². The van der Waals surface area contributed by atoms with Gasteiger partial charge in [0.05, 0.1) is 6.54 Å². The molecule has 1 aliphatic carbocycles. The standard InChI is InChI=1S/C19H18F3N3O4/c1-18(2-3-18)17(26)23-7-12-4-11-5-16(29-19(20,21)22)15(6-14(11)25-12)28-9-13-8-27-10-24-13/h4-6,8,10,25H,2-3,7,9H2,1H3,(H,23,26). The molecule has 0 atom stereocenters. The van der Waals surface area contributed by atoms with Gasteiger partial charge in [-0.1, -0.05) is 6.92 Å². The Balaban J connectivity index is 1.56. The summed E-state index contributed by atoms with van der Waals surface area (Å²) in [7, 11) is 0. The van der Waals surface area contributed by atoms with E-state index >= 15 is 0 Å². The van der Waals surface area contributed by atoms with Crippen molar-refractivity contribution in [3.8, 4) is 11.5 Å². The molecule has 1 aromatic carbocycles. The number of aromatic amines is 1. The smallest absolute Gasteiger partial charge is 0.483 e.